The normalized spacial score (nSPS) is 30.4. The molecular weight excluding hydrogens is 203 g/mol. The topological polar surface area (TPSA) is 20.2 Å². The Hall–Kier alpha value is -0.890. The van der Waals surface area contributed by atoms with Gasteiger partial charge in [0, 0.05) is 0 Å². The minimum absolute atomic E-state index is 0.248. The summed E-state index contributed by atoms with van der Waals surface area (Å²) in [6.45, 7) is 4.01. The summed E-state index contributed by atoms with van der Waals surface area (Å²) in [5.74, 6) is 0.268. The number of aryl methyl sites for hydroxylation is 1. The molecular formula is C14H19FO. The highest BCUT2D eigenvalue weighted by Crippen LogP contribution is 2.40. The van der Waals surface area contributed by atoms with Gasteiger partial charge in [0.15, 0.2) is 0 Å². The lowest BCUT2D eigenvalue weighted by atomic mass is 9.75. The molecule has 16 heavy (non-hydrogen) atoms. The van der Waals surface area contributed by atoms with Crippen LogP contribution < -0.4 is 0 Å². The van der Waals surface area contributed by atoms with Gasteiger partial charge in [-0.2, -0.15) is 0 Å². The third kappa shape index (κ3) is 2.27. The van der Waals surface area contributed by atoms with E-state index in [0.717, 1.165) is 36.8 Å². The van der Waals surface area contributed by atoms with E-state index in [4.69, 9.17) is 0 Å². The zero-order chi connectivity index (χ0) is 11.8. The molecule has 0 heterocycles. The summed E-state index contributed by atoms with van der Waals surface area (Å²) >= 11 is 0. The monoisotopic (exact) mass is 222 g/mol. The molecule has 2 rings (SSSR count). The molecule has 1 aliphatic carbocycles. The first-order chi connectivity index (χ1) is 7.49. The average molecular weight is 222 g/mol. The SMILES string of the molecule is Cc1cc(F)cc(C2(O)CCCC(C)C2)c1. The number of rotatable bonds is 1. The maximum atomic E-state index is 13.3. The Balaban J connectivity index is 2.34. The van der Waals surface area contributed by atoms with E-state index in [-0.39, 0.29) is 5.82 Å². The lowest BCUT2D eigenvalue weighted by molar-refractivity contribution is -0.0181. The molecule has 2 atom stereocenters. The van der Waals surface area contributed by atoms with Crippen molar-refractivity contribution in [3.8, 4) is 0 Å². The fraction of sp³-hybridized carbons (Fsp3) is 0.571. The predicted molar refractivity (Wildman–Crippen MR) is 62.7 cm³/mol. The van der Waals surface area contributed by atoms with Crippen molar-refractivity contribution in [3.63, 3.8) is 0 Å². The summed E-state index contributed by atoms with van der Waals surface area (Å²) in [4.78, 5) is 0. The molecule has 0 spiro atoms. The molecule has 1 saturated carbocycles. The van der Waals surface area contributed by atoms with Gasteiger partial charge in [0.25, 0.3) is 0 Å². The van der Waals surface area contributed by atoms with Gasteiger partial charge in [-0.1, -0.05) is 19.4 Å². The van der Waals surface area contributed by atoms with E-state index in [2.05, 4.69) is 6.92 Å². The van der Waals surface area contributed by atoms with Gasteiger partial charge in [0.2, 0.25) is 0 Å². The second kappa shape index (κ2) is 4.17. The van der Waals surface area contributed by atoms with Crippen molar-refractivity contribution in [3.05, 3.63) is 35.1 Å². The third-order valence-electron chi connectivity index (χ3n) is 3.55. The van der Waals surface area contributed by atoms with Crippen molar-refractivity contribution in [2.24, 2.45) is 5.92 Å². The number of benzene rings is 1. The largest absolute Gasteiger partial charge is 0.385 e. The van der Waals surface area contributed by atoms with Crippen LogP contribution in [0.25, 0.3) is 0 Å². The molecule has 0 radical (unpaired) electrons. The lowest BCUT2D eigenvalue weighted by Crippen LogP contribution is -2.32. The Kier molecular flexibility index (Phi) is 3.02. The molecule has 0 aliphatic heterocycles. The van der Waals surface area contributed by atoms with Gasteiger partial charge in [-0.25, -0.2) is 4.39 Å². The Labute approximate surface area is 96.3 Å². The zero-order valence-corrected chi connectivity index (χ0v) is 9.96. The van der Waals surface area contributed by atoms with E-state index < -0.39 is 5.60 Å². The van der Waals surface area contributed by atoms with Crippen molar-refractivity contribution in [1.29, 1.82) is 0 Å². The van der Waals surface area contributed by atoms with Gasteiger partial charge >= 0.3 is 0 Å². The van der Waals surface area contributed by atoms with Crippen LogP contribution in [0.4, 0.5) is 4.39 Å². The third-order valence-corrected chi connectivity index (χ3v) is 3.55. The van der Waals surface area contributed by atoms with E-state index in [9.17, 15) is 9.50 Å². The minimum Gasteiger partial charge on any atom is -0.385 e. The van der Waals surface area contributed by atoms with E-state index in [1.165, 1.54) is 12.1 Å². The van der Waals surface area contributed by atoms with Crippen molar-refractivity contribution < 1.29 is 9.50 Å². The van der Waals surface area contributed by atoms with Crippen molar-refractivity contribution in [1.82, 2.24) is 0 Å². The number of aliphatic hydroxyl groups is 1. The molecule has 0 bridgehead atoms. The summed E-state index contributed by atoms with van der Waals surface area (Å²) in [7, 11) is 0. The van der Waals surface area contributed by atoms with Crippen LogP contribution in [-0.2, 0) is 5.60 Å². The quantitative estimate of drug-likeness (QED) is 0.770. The summed E-state index contributed by atoms with van der Waals surface area (Å²) in [6, 6.07) is 4.88. The number of hydrogen-bond acceptors (Lipinski definition) is 1. The summed E-state index contributed by atoms with van der Waals surface area (Å²) in [5.41, 5.74) is 0.808. The first kappa shape index (κ1) is 11.6. The van der Waals surface area contributed by atoms with Crippen LogP contribution in [-0.4, -0.2) is 5.11 Å². The molecule has 2 unspecified atom stereocenters. The van der Waals surface area contributed by atoms with Crippen LogP contribution in [0.5, 0.6) is 0 Å². The summed E-state index contributed by atoms with van der Waals surface area (Å²) in [6.07, 6.45) is 3.68. The van der Waals surface area contributed by atoms with Crippen molar-refractivity contribution in [2.75, 3.05) is 0 Å². The average Bonchev–Trinajstić information content (AvgIpc) is 2.15. The molecule has 1 aliphatic rings. The van der Waals surface area contributed by atoms with Crippen LogP contribution in [0.3, 0.4) is 0 Å². The predicted octanol–water partition coefficient (Wildman–Crippen LogP) is 3.53. The maximum absolute atomic E-state index is 13.3. The number of hydrogen-bond donors (Lipinski definition) is 1. The van der Waals surface area contributed by atoms with Gasteiger partial charge in [0.05, 0.1) is 5.60 Å². The lowest BCUT2D eigenvalue weighted by Gasteiger charge is -2.36. The molecule has 1 aromatic rings. The molecule has 0 saturated heterocycles. The molecule has 0 amide bonds. The first-order valence-electron chi connectivity index (χ1n) is 6.00. The maximum Gasteiger partial charge on any atom is 0.123 e. The van der Waals surface area contributed by atoms with Gasteiger partial charge in [-0.15, -0.1) is 0 Å². The smallest absolute Gasteiger partial charge is 0.123 e. The Morgan fingerprint density at radius 2 is 2.12 bits per heavy atom. The second-order valence-electron chi connectivity index (χ2n) is 5.25. The highest BCUT2D eigenvalue weighted by atomic mass is 19.1. The Bertz CT molecular complexity index is 368. The highest BCUT2D eigenvalue weighted by molar-refractivity contribution is 5.29. The van der Waals surface area contributed by atoms with Crippen LogP contribution in [0.15, 0.2) is 18.2 Å². The molecule has 0 aromatic heterocycles. The van der Waals surface area contributed by atoms with E-state index in [1.54, 1.807) is 0 Å². The standard InChI is InChI=1S/C14H19FO/c1-10-4-3-5-14(16,9-10)12-6-11(2)7-13(15)8-12/h6-8,10,16H,3-5,9H2,1-2H3. The fourth-order valence-electron chi connectivity index (χ4n) is 2.79. The van der Waals surface area contributed by atoms with Crippen LogP contribution >= 0.6 is 0 Å². The molecule has 2 heteroatoms. The summed E-state index contributed by atoms with van der Waals surface area (Å²) < 4.78 is 13.3. The van der Waals surface area contributed by atoms with Gasteiger partial charge in [-0.05, 0) is 55.4 Å². The fourth-order valence-corrected chi connectivity index (χ4v) is 2.79. The van der Waals surface area contributed by atoms with Crippen LogP contribution in [0.2, 0.25) is 0 Å². The molecule has 1 aromatic carbocycles. The van der Waals surface area contributed by atoms with Gasteiger partial charge < -0.3 is 5.11 Å². The molecule has 1 fully saturated rings. The molecule has 88 valence electrons. The minimum atomic E-state index is -0.815. The summed E-state index contributed by atoms with van der Waals surface area (Å²) in [5, 5.41) is 10.6. The van der Waals surface area contributed by atoms with Gasteiger partial charge in [0.1, 0.15) is 5.82 Å². The van der Waals surface area contributed by atoms with Crippen molar-refractivity contribution >= 4 is 0 Å². The zero-order valence-electron chi connectivity index (χ0n) is 9.96. The van der Waals surface area contributed by atoms with E-state index in [0.29, 0.717) is 5.92 Å². The number of halogens is 1. The van der Waals surface area contributed by atoms with Crippen LogP contribution in [0, 0.1) is 18.7 Å². The Morgan fingerprint density at radius 3 is 2.75 bits per heavy atom. The highest BCUT2D eigenvalue weighted by Gasteiger charge is 2.34. The molecule has 1 N–H and O–H groups in total. The van der Waals surface area contributed by atoms with Crippen LogP contribution in [0.1, 0.15) is 43.7 Å². The first-order valence-corrected chi connectivity index (χ1v) is 6.00. The van der Waals surface area contributed by atoms with Gasteiger partial charge in [-0.3, -0.25) is 0 Å². The van der Waals surface area contributed by atoms with Crippen molar-refractivity contribution in [2.45, 2.75) is 45.1 Å². The second-order valence-corrected chi connectivity index (χ2v) is 5.25. The molecule has 1 nitrogen and oxygen atoms in total. The van der Waals surface area contributed by atoms with E-state index in [1.807, 2.05) is 13.0 Å². The Morgan fingerprint density at radius 1 is 1.38 bits per heavy atom. The van der Waals surface area contributed by atoms with E-state index >= 15 is 0 Å².